The van der Waals surface area contributed by atoms with Gasteiger partial charge in [0.05, 0.1) is 0 Å². The number of ketones is 1. The molecule has 2 aliphatic rings. The van der Waals surface area contributed by atoms with Gasteiger partial charge in [-0.1, -0.05) is 0 Å². The summed E-state index contributed by atoms with van der Waals surface area (Å²) in [7, 11) is 0. The number of hydrogen-bond acceptors (Lipinski definition) is 4. The summed E-state index contributed by atoms with van der Waals surface area (Å²) in [6, 6.07) is 0. The molecule has 0 saturated carbocycles. The van der Waals surface area contributed by atoms with Crippen molar-refractivity contribution in [3.63, 3.8) is 0 Å². The van der Waals surface area contributed by atoms with E-state index in [1.54, 1.807) is 0 Å². The van der Waals surface area contributed by atoms with Crippen LogP contribution in [-0.2, 0) is 9.53 Å². The molecule has 5 heteroatoms. The van der Waals surface area contributed by atoms with Gasteiger partial charge in [0.15, 0.2) is 0 Å². The number of hydroxylamine groups is 1. The number of alkyl halides is 1. The Morgan fingerprint density at radius 1 is 1.57 bits per heavy atom. The molecule has 0 aromatic carbocycles. The fourth-order valence-electron chi connectivity index (χ4n) is 1.53. The van der Waals surface area contributed by atoms with E-state index >= 15 is 0 Å². The third kappa shape index (κ3) is 2.16. The second-order valence-electron chi connectivity index (χ2n) is 3.28. The van der Waals surface area contributed by atoms with E-state index in [9.17, 15) is 10.0 Å². The first kappa shape index (κ1) is 10.5. The molecule has 0 aromatic rings. The van der Waals surface area contributed by atoms with Crippen molar-refractivity contribution in [1.82, 2.24) is 3.28 Å². The predicted octanol–water partition coefficient (Wildman–Crippen LogP) is 1.72. The van der Waals surface area contributed by atoms with E-state index in [1.807, 2.05) is 6.08 Å². The second-order valence-corrected chi connectivity index (χ2v) is 8.11. The summed E-state index contributed by atoms with van der Waals surface area (Å²) in [4.78, 5) is 11.6. The van der Waals surface area contributed by atoms with Crippen LogP contribution in [0.4, 0.5) is 0 Å². The van der Waals surface area contributed by atoms with Crippen molar-refractivity contribution in [2.45, 2.75) is 19.3 Å². The molecular weight excluding hydrogens is 297 g/mol. The van der Waals surface area contributed by atoms with Gasteiger partial charge in [-0.25, -0.2) is 0 Å². The molecule has 1 heterocycles. The Kier molecular flexibility index (Phi) is 3.53. The Balaban J connectivity index is 2.11. The number of allylic oxidation sites excluding steroid dienone is 2. The Labute approximate surface area is 90.6 Å². The van der Waals surface area contributed by atoms with Gasteiger partial charge in [-0.2, -0.15) is 0 Å². The van der Waals surface area contributed by atoms with Gasteiger partial charge in [-0.3, -0.25) is 0 Å². The summed E-state index contributed by atoms with van der Waals surface area (Å²) in [6.45, 7) is 1.13. The van der Waals surface area contributed by atoms with E-state index in [2.05, 4.69) is 0 Å². The van der Waals surface area contributed by atoms with Crippen LogP contribution >= 0.6 is 20.1 Å². The van der Waals surface area contributed by atoms with Crippen LogP contribution in [0.15, 0.2) is 9.66 Å². The number of carbonyl (C=O) groups is 1. The fraction of sp³-hybridized carbons (Fsp3) is 0.667. The van der Waals surface area contributed by atoms with Crippen molar-refractivity contribution in [2.24, 2.45) is 0 Å². The van der Waals surface area contributed by atoms with Crippen LogP contribution in [0.3, 0.4) is 0 Å². The number of halogens is 1. The first-order chi connectivity index (χ1) is 6.79. The number of hydrogen-bond donors (Lipinski definition) is 1. The summed E-state index contributed by atoms with van der Waals surface area (Å²) >= 11 is -1.87. The molecular formula is C9H14INO3. The molecule has 4 nitrogen and oxygen atoms in total. The topological polar surface area (TPSA) is 49.8 Å². The van der Waals surface area contributed by atoms with E-state index in [1.165, 1.54) is 3.28 Å². The molecule has 1 fully saturated rings. The molecule has 0 radical (unpaired) electrons. The molecule has 0 atom stereocenters. The summed E-state index contributed by atoms with van der Waals surface area (Å²) in [5.41, 5.74) is 0. The summed E-state index contributed by atoms with van der Waals surface area (Å²) in [5, 5.41) is 9.67. The van der Waals surface area contributed by atoms with Crippen LogP contribution in [0, 0.1) is 0 Å². The third-order valence-electron chi connectivity index (χ3n) is 2.27. The maximum absolute atomic E-state index is 11.6. The molecule has 1 N–H and O–H groups in total. The average Bonchev–Trinajstić information content (AvgIpc) is 2.20. The molecule has 1 saturated heterocycles. The zero-order chi connectivity index (χ0) is 9.97. The SMILES string of the molecule is O=C1CCCC=C1I1COCCN1O. The molecule has 0 bridgehead atoms. The Morgan fingerprint density at radius 3 is 3.14 bits per heavy atom. The van der Waals surface area contributed by atoms with Crippen LogP contribution < -0.4 is 0 Å². The fourth-order valence-corrected chi connectivity index (χ4v) is 6.07. The quantitative estimate of drug-likeness (QED) is 0.455. The van der Waals surface area contributed by atoms with Gasteiger partial charge in [0, 0.05) is 0 Å². The number of nitrogens with zero attached hydrogens (tertiary/aromatic N) is 1. The molecule has 0 aromatic heterocycles. The summed E-state index contributed by atoms with van der Waals surface area (Å²) < 4.78 is 8.18. The van der Waals surface area contributed by atoms with Crippen molar-refractivity contribution in [2.75, 3.05) is 17.8 Å². The second kappa shape index (κ2) is 4.69. The number of rotatable bonds is 1. The molecule has 80 valence electrons. The van der Waals surface area contributed by atoms with Crippen LogP contribution in [0.2, 0.25) is 0 Å². The molecule has 0 spiro atoms. The molecule has 0 amide bonds. The molecule has 2 rings (SSSR count). The summed E-state index contributed by atoms with van der Waals surface area (Å²) in [5.74, 6) is 0.228. The van der Waals surface area contributed by atoms with Gasteiger partial charge in [-0.15, -0.1) is 0 Å². The standard InChI is InChI=1S/C9H14INO3/c12-9-4-2-1-3-8(9)10-7-14-6-5-11(10)13/h3,13H,1-2,4-7H2. The van der Waals surface area contributed by atoms with Gasteiger partial charge in [0.2, 0.25) is 0 Å². The average molecular weight is 311 g/mol. The van der Waals surface area contributed by atoms with E-state index in [0.717, 1.165) is 16.4 Å². The predicted molar refractivity (Wildman–Crippen MR) is 60.3 cm³/mol. The van der Waals surface area contributed by atoms with Crippen LogP contribution in [0.5, 0.6) is 0 Å². The number of ether oxygens (including phenoxy) is 1. The Bertz CT molecular complexity index is 267. The van der Waals surface area contributed by atoms with Crippen molar-refractivity contribution >= 4 is 25.9 Å². The van der Waals surface area contributed by atoms with Crippen molar-refractivity contribution < 1.29 is 14.7 Å². The van der Waals surface area contributed by atoms with Crippen LogP contribution in [0.25, 0.3) is 0 Å². The van der Waals surface area contributed by atoms with E-state index in [-0.39, 0.29) is 5.78 Å². The van der Waals surface area contributed by atoms with Crippen molar-refractivity contribution in [3.8, 4) is 0 Å². The molecule has 14 heavy (non-hydrogen) atoms. The van der Waals surface area contributed by atoms with Gasteiger partial charge in [0.25, 0.3) is 0 Å². The molecule has 0 unspecified atom stereocenters. The number of carbonyl (C=O) groups excluding carboxylic acids is 1. The zero-order valence-electron chi connectivity index (χ0n) is 7.91. The Morgan fingerprint density at radius 2 is 2.43 bits per heavy atom. The van der Waals surface area contributed by atoms with Gasteiger partial charge in [-0.05, 0) is 0 Å². The minimum atomic E-state index is -1.87. The maximum atomic E-state index is 11.6. The van der Waals surface area contributed by atoms with Crippen LogP contribution in [-0.4, -0.2) is 32.0 Å². The Hall–Kier alpha value is 0.0200. The monoisotopic (exact) mass is 311 g/mol. The summed E-state index contributed by atoms with van der Waals surface area (Å²) in [6.07, 6.45) is 4.59. The minimum absolute atomic E-state index is 0.228. The third-order valence-corrected chi connectivity index (χ3v) is 7.51. The first-order valence-electron chi connectivity index (χ1n) is 4.72. The van der Waals surface area contributed by atoms with Gasteiger partial charge in [0.1, 0.15) is 0 Å². The first-order valence-corrected chi connectivity index (χ1v) is 8.29. The van der Waals surface area contributed by atoms with E-state index < -0.39 is 20.1 Å². The number of Topliss-reactive ketones (excluding diaryl/α,β-unsaturated/α-hetero) is 1. The van der Waals surface area contributed by atoms with Gasteiger partial charge < -0.3 is 0 Å². The van der Waals surface area contributed by atoms with Crippen molar-refractivity contribution in [1.29, 1.82) is 0 Å². The van der Waals surface area contributed by atoms with E-state index in [0.29, 0.717) is 24.2 Å². The van der Waals surface area contributed by atoms with Crippen LogP contribution in [0.1, 0.15) is 19.3 Å². The normalized spacial score (nSPS) is 27.6. The van der Waals surface area contributed by atoms with E-state index in [4.69, 9.17) is 4.74 Å². The van der Waals surface area contributed by atoms with Gasteiger partial charge >= 0.3 is 90.6 Å². The van der Waals surface area contributed by atoms with Crippen molar-refractivity contribution in [3.05, 3.63) is 9.66 Å². The zero-order valence-corrected chi connectivity index (χ0v) is 10.1. The molecule has 1 aliphatic carbocycles. The molecule has 1 aliphatic heterocycles.